The molecule has 0 aliphatic rings. The number of aromatic nitrogens is 1. The number of hydrogen-bond donors (Lipinski definition) is 5. The normalized spacial score (nSPS) is 11.3. The van der Waals surface area contributed by atoms with Crippen LogP contribution in [0.3, 0.4) is 0 Å². The zero-order valence-electron chi connectivity index (χ0n) is 12.9. The van der Waals surface area contributed by atoms with E-state index >= 15 is 0 Å². The van der Waals surface area contributed by atoms with Crippen molar-refractivity contribution in [1.29, 1.82) is 0 Å². The van der Waals surface area contributed by atoms with E-state index in [0.29, 0.717) is 17.3 Å². The van der Waals surface area contributed by atoms with Crippen LogP contribution in [0.15, 0.2) is 12.3 Å². The molecule has 8 nitrogen and oxygen atoms in total. The van der Waals surface area contributed by atoms with Crippen LogP contribution in [-0.4, -0.2) is 50.8 Å². The quantitative estimate of drug-likeness (QED) is 0.471. The van der Waals surface area contributed by atoms with E-state index in [2.05, 4.69) is 4.98 Å². The van der Waals surface area contributed by atoms with E-state index in [1.54, 1.807) is 33.8 Å². The Balaban J connectivity index is 0.000000885. The lowest BCUT2D eigenvalue weighted by molar-refractivity contribution is -0.0907. The monoisotopic (exact) mass is 302 g/mol. The molecule has 0 saturated carbocycles. The smallest absolute Gasteiger partial charge is 0.483 e. The maximum Gasteiger partial charge on any atom is 0.631 e. The van der Waals surface area contributed by atoms with Gasteiger partial charge in [0.1, 0.15) is 11.4 Å². The number of methoxy groups -OCH3 is 1. The highest BCUT2D eigenvalue weighted by atomic mass is 16.5. The Morgan fingerprint density at radius 3 is 2.00 bits per heavy atom. The second-order valence-electron chi connectivity index (χ2n) is 5.29. The molecule has 1 rings (SSSR count). The lowest BCUT2D eigenvalue weighted by Crippen LogP contribution is -2.49. The molecule has 0 saturated heterocycles. The molecule has 9 heteroatoms. The largest absolute Gasteiger partial charge is 0.631 e. The van der Waals surface area contributed by atoms with Crippen LogP contribution < -0.4 is 15.2 Å². The number of pyridine rings is 1. The van der Waals surface area contributed by atoms with Gasteiger partial charge in [-0.25, -0.2) is 4.98 Å². The molecule has 21 heavy (non-hydrogen) atoms. The van der Waals surface area contributed by atoms with Crippen LogP contribution in [0.5, 0.6) is 11.6 Å². The molecule has 0 fully saturated rings. The lowest BCUT2D eigenvalue weighted by atomic mass is 9.89. The first kappa shape index (κ1) is 19.5. The van der Waals surface area contributed by atoms with E-state index < -0.39 is 18.5 Å². The molecule has 0 radical (unpaired) electrons. The maximum absolute atomic E-state index is 9.98. The van der Waals surface area contributed by atoms with Gasteiger partial charge in [0.25, 0.3) is 0 Å². The van der Waals surface area contributed by atoms with Crippen LogP contribution in [0.25, 0.3) is 0 Å². The number of hydrogen-bond acceptors (Lipinski definition) is 8. The molecule has 0 unspecified atom stereocenters. The van der Waals surface area contributed by atoms with Crippen LogP contribution in [0, 0.1) is 0 Å². The summed E-state index contributed by atoms with van der Waals surface area (Å²) in [5, 5.41) is 31.5. The van der Waals surface area contributed by atoms with Crippen molar-refractivity contribution in [2.45, 2.75) is 38.9 Å². The summed E-state index contributed by atoms with van der Waals surface area (Å²) in [6, 6.07) is 1.62. The topological polar surface area (TPSA) is 138 Å². The Hall–Kier alpha value is -1.55. The van der Waals surface area contributed by atoms with Crippen LogP contribution in [0.2, 0.25) is 0 Å². The molecule has 120 valence electrons. The molecule has 0 aliphatic carbocycles. The van der Waals surface area contributed by atoms with E-state index in [9.17, 15) is 5.11 Å². The molecule has 1 aromatic rings. The van der Waals surface area contributed by atoms with Gasteiger partial charge in [0.05, 0.1) is 24.6 Å². The van der Waals surface area contributed by atoms with Crippen LogP contribution in [-0.2, 0) is 0 Å². The highest BCUT2D eigenvalue weighted by molar-refractivity contribution is 6.30. The summed E-state index contributed by atoms with van der Waals surface area (Å²) >= 11 is 0. The summed E-state index contributed by atoms with van der Waals surface area (Å²) in [4.78, 5) is 4.01. The lowest BCUT2D eigenvalue weighted by Gasteiger charge is -2.37. The fourth-order valence-electron chi connectivity index (χ4n) is 1.09. The van der Waals surface area contributed by atoms with E-state index in [-0.39, 0.29) is 0 Å². The van der Waals surface area contributed by atoms with Crippen molar-refractivity contribution >= 4 is 13.0 Å². The highest BCUT2D eigenvalue weighted by Crippen LogP contribution is 2.30. The van der Waals surface area contributed by atoms with Gasteiger partial charge in [-0.05, 0) is 27.7 Å². The van der Waals surface area contributed by atoms with Crippen molar-refractivity contribution in [2.75, 3.05) is 12.8 Å². The molecule has 0 aromatic carbocycles. The van der Waals surface area contributed by atoms with Gasteiger partial charge in [-0.15, -0.1) is 0 Å². The standard InChI is InChI=1S/C12H20N2O3.BH3O3/c1-11(2,15)12(3,4)17-8-6-9(13)10(16-5)14-7-8;2-1(3)4/h6-7,15H,13H2,1-5H3;2-4H. The molecule has 0 aliphatic heterocycles. The highest BCUT2D eigenvalue weighted by Gasteiger charge is 2.37. The van der Waals surface area contributed by atoms with Gasteiger partial charge in [-0.3, -0.25) is 0 Å². The summed E-state index contributed by atoms with van der Waals surface area (Å²) in [6.45, 7) is 6.97. The first-order valence-electron chi connectivity index (χ1n) is 6.16. The second kappa shape index (κ2) is 7.46. The summed E-state index contributed by atoms with van der Waals surface area (Å²) in [6.07, 6.45) is 1.52. The summed E-state index contributed by atoms with van der Waals surface area (Å²) in [5.41, 5.74) is 4.39. The fraction of sp³-hybridized carbons (Fsp3) is 0.583. The van der Waals surface area contributed by atoms with Crippen LogP contribution in [0.4, 0.5) is 5.69 Å². The first-order chi connectivity index (χ1) is 9.40. The minimum atomic E-state index is -2.17. The molecule has 0 bridgehead atoms. The Kier molecular flexibility index (Phi) is 6.91. The Morgan fingerprint density at radius 2 is 1.67 bits per heavy atom. The van der Waals surface area contributed by atoms with Crippen molar-refractivity contribution in [3.8, 4) is 11.6 Å². The number of rotatable bonds is 4. The minimum Gasteiger partial charge on any atom is -0.483 e. The van der Waals surface area contributed by atoms with Crippen molar-refractivity contribution < 1.29 is 29.7 Å². The molecular weight excluding hydrogens is 279 g/mol. The SMILES string of the molecule is COc1ncc(OC(C)(C)C(C)(C)O)cc1N.OB(O)O. The van der Waals surface area contributed by atoms with Crippen molar-refractivity contribution in [3.05, 3.63) is 12.3 Å². The van der Waals surface area contributed by atoms with E-state index in [0.717, 1.165) is 0 Å². The van der Waals surface area contributed by atoms with Crippen molar-refractivity contribution in [2.24, 2.45) is 0 Å². The molecule has 0 atom stereocenters. The summed E-state index contributed by atoms with van der Waals surface area (Å²) in [5.74, 6) is 0.855. The summed E-state index contributed by atoms with van der Waals surface area (Å²) < 4.78 is 10.7. The minimum absolute atomic E-state index is 0.360. The zero-order chi connectivity index (χ0) is 16.8. The van der Waals surface area contributed by atoms with Crippen molar-refractivity contribution in [3.63, 3.8) is 0 Å². The molecular formula is C12H23BN2O6. The summed E-state index contributed by atoms with van der Waals surface area (Å²) in [7, 11) is -0.667. The third kappa shape index (κ3) is 6.63. The number of aliphatic hydroxyl groups is 1. The van der Waals surface area contributed by atoms with E-state index in [1.165, 1.54) is 13.3 Å². The third-order valence-electron chi connectivity index (χ3n) is 2.89. The third-order valence-corrected chi connectivity index (χ3v) is 2.89. The molecule has 0 amide bonds. The maximum atomic E-state index is 9.98. The van der Waals surface area contributed by atoms with Crippen LogP contribution >= 0.6 is 0 Å². The predicted molar refractivity (Wildman–Crippen MR) is 78.6 cm³/mol. The molecule has 1 aromatic heterocycles. The second-order valence-corrected chi connectivity index (χ2v) is 5.29. The average Bonchev–Trinajstić information content (AvgIpc) is 2.26. The Labute approximate surface area is 124 Å². The number of nitrogens with zero attached hydrogens (tertiary/aromatic N) is 1. The van der Waals surface area contributed by atoms with Gasteiger partial charge in [-0.2, -0.15) is 0 Å². The Bertz CT molecular complexity index is 445. The van der Waals surface area contributed by atoms with Gasteiger partial charge in [0, 0.05) is 6.07 Å². The van der Waals surface area contributed by atoms with Gasteiger partial charge < -0.3 is 35.4 Å². The van der Waals surface area contributed by atoms with Crippen molar-refractivity contribution in [1.82, 2.24) is 4.98 Å². The average molecular weight is 302 g/mol. The first-order valence-corrected chi connectivity index (χ1v) is 6.16. The Morgan fingerprint density at radius 1 is 1.19 bits per heavy atom. The van der Waals surface area contributed by atoms with Crippen LogP contribution in [0.1, 0.15) is 27.7 Å². The molecule has 0 spiro atoms. The van der Waals surface area contributed by atoms with Gasteiger partial charge in [0.15, 0.2) is 0 Å². The molecule has 6 N–H and O–H groups in total. The van der Waals surface area contributed by atoms with Gasteiger partial charge >= 0.3 is 7.32 Å². The van der Waals surface area contributed by atoms with E-state index in [4.69, 9.17) is 30.3 Å². The number of anilines is 1. The number of nitrogens with two attached hydrogens (primary N) is 1. The van der Waals surface area contributed by atoms with Gasteiger partial charge in [0.2, 0.25) is 5.88 Å². The predicted octanol–water partition coefficient (Wildman–Crippen LogP) is -0.451. The number of nitrogen functional groups attached to an aromatic ring is 1. The molecule has 1 heterocycles. The number of ether oxygens (including phenoxy) is 2. The fourth-order valence-corrected chi connectivity index (χ4v) is 1.09. The van der Waals surface area contributed by atoms with E-state index in [1.807, 2.05) is 0 Å². The zero-order valence-corrected chi connectivity index (χ0v) is 12.9. The van der Waals surface area contributed by atoms with Gasteiger partial charge in [-0.1, -0.05) is 0 Å².